The van der Waals surface area contributed by atoms with Gasteiger partial charge >= 0.3 is 0 Å². The van der Waals surface area contributed by atoms with Crippen LogP contribution >= 0.6 is 0 Å². The van der Waals surface area contributed by atoms with Crippen LogP contribution in [0.25, 0.3) is 17.1 Å². The van der Waals surface area contributed by atoms with Gasteiger partial charge in [-0.2, -0.15) is 5.10 Å². The van der Waals surface area contributed by atoms with E-state index in [1.807, 2.05) is 25.1 Å². The molecule has 0 saturated carbocycles. The average Bonchev–Trinajstić information content (AvgIpc) is 3.13. The SMILES string of the molecule is C[C@H](CCOCCCOCc1ccccc1)Oc1cc2cnn(C=C=O)c2cn1. The number of fused-ring (bicyclic) bond motifs is 1. The summed E-state index contributed by atoms with van der Waals surface area (Å²) in [6, 6.07) is 11.9. The lowest BCUT2D eigenvalue weighted by Crippen LogP contribution is -2.16. The number of aromatic nitrogens is 3. The Kier molecular flexibility index (Phi) is 7.95. The van der Waals surface area contributed by atoms with Crippen LogP contribution in [-0.4, -0.2) is 46.6 Å². The monoisotopic (exact) mass is 395 g/mol. The number of hydrogen-bond acceptors (Lipinski definition) is 6. The molecule has 152 valence electrons. The first-order valence-electron chi connectivity index (χ1n) is 9.66. The molecule has 1 aromatic carbocycles. The smallest absolute Gasteiger partial charge is 0.214 e. The topological polar surface area (TPSA) is 75.5 Å². The molecule has 3 aromatic rings. The van der Waals surface area contributed by atoms with Crippen molar-refractivity contribution in [2.75, 3.05) is 19.8 Å². The molecule has 7 heteroatoms. The Morgan fingerprint density at radius 3 is 2.79 bits per heavy atom. The van der Waals surface area contributed by atoms with Gasteiger partial charge in [0.2, 0.25) is 5.88 Å². The van der Waals surface area contributed by atoms with Crippen molar-refractivity contribution in [1.29, 1.82) is 0 Å². The Bertz CT molecular complexity index is 936. The minimum absolute atomic E-state index is 0.0285. The van der Waals surface area contributed by atoms with Gasteiger partial charge in [-0.05, 0) is 18.9 Å². The highest BCUT2D eigenvalue weighted by Gasteiger charge is 2.08. The number of rotatable bonds is 12. The Balaban J connectivity index is 1.29. The van der Waals surface area contributed by atoms with Gasteiger partial charge in [-0.1, -0.05) is 30.3 Å². The van der Waals surface area contributed by atoms with Crippen molar-refractivity contribution in [3.63, 3.8) is 0 Å². The van der Waals surface area contributed by atoms with E-state index in [9.17, 15) is 4.79 Å². The van der Waals surface area contributed by atoms with Crippen molar-refractivity contribution in [3.8, 4) is 5.88 Å². The van der Waals surface area contributed by atoms with Crippen LogP contribution in [0.3, 0.4) is 0 Å². The number of hydrogen-bond donors (Lipinski definition) is 0. The summed E-state index contributed by atoms with van der Waals surface area (Å²) in [6.07, 6.45) is 6.10. The van der Waals surface area contributed by atoms with E-state index < -0.39 is 0 Å². The van der Waals surface area contributed by atoms with Crippen LogP contribution in [0.1, 0.15) is 25.3 Å². The van der Waals surface area contributed by atoms with Gasteiger partial charge in [0.1, 0.15) is 12.1 Å². The zero-order valence-electron chi connectivity index (χ0n) is 16.5. The van der Waals surface area contributed by atoms with Crippen LogP contribution in [0.4, 0.5) is 0 Å². The first-order chi connectivity index (χ1) is 14.3. The molecule has 7 nitrogen and oxygen atoms in total. The van der Waals surface area contributed by atoms with Crippen molar-refractivity contribution in [2.45, 2.75) is 32.5 Å². The number of benzene rings is 1. The van der Waals surface area contributed by atoms with Crippen molar-refractivity contribution in [1.82, 2.24) is 14.8 Å². The number of carbonyl (C=O) groups excluding carboxylic acids is 1. The number of nitrogens with zero attached hydrogens (tertiary/aromatic N) is 3. The Morgan fingerprint density at radius 1 is 1.14 bits per heavy atom. The maximum Gasteiger partial charge on any atom is 0.214 e. The highest BCUT2D eigenvalue weighted by molar-refractivity contribution is 5.82. The second kappa shape index (κ2) is 11.1. The second-order valence-corrected chi connectivity index (χ2v) is 6.64. The first kappa shape index (κ1) is 20.7. The van der Waals surface area contributed by atoms with Gasteiger partial charge in [0.05, 0.1) is 37.2 Å². The van der Waals surface area contributed by atoms with Crippen LogP contribution in [0.15, 0.2) is 48.8 Å². The van der Waals surface area contributed by atoms with E-state index in [0.717, 1.165) is 23.7 Å². The molecule has 0 saturated heterocycles. The molecule has 0 amide bonds. The minimum Gasteiger partial charge on any atom is -0.475 e. The number of pyridine rings is 1. The van der Waals surface area contributed by atoms with Crippen LogP contribution in [0.2, 0.25) is 0 Å². The second-order valence-electron chi connectivity index (χ2n) is 6.64. The molecule has 3 rings (SSSR count). The van der Waals surface area contributed by atoms with Gasteiger partial charge in [0.15, 0.2) is 0 Å². The van der Waals surface area contributed by atoms with E-state index in [-0.39, 0.29) is 6.10 Å². The van der Waals surface area contributed by atoms with Crippen LogP contribution in [-0.2, 0) is 20.9 Å². The third kappa shape index (κ3) is 6.54. The third-order valence-electron chi connectivity index (χ3n) is 4.31. The van der Waals surface area contributed by atoms with E-state index in [2.05, 4.69) is 22.2 Å². The lowest BCUT2D eigenvalue weighted by Gasteiger charge is -2.14. The first-order valence-corrected chi connectivity index (χ1v) is 9.66. The van der Waals surface area contributed by atoms with Gasteiger partial charge in [-0.25, -0.2) is 14.5 Å². The fourth-order valence-corrected chi connectivity index (χ4v) is 2.79. The van der Waals surface area contributed by atoms with E-state index in [0.29, 0.717) is 32.3 Å². The quantitative estimate of drug-likeness (QED) is 0.345. The molecule has 0 aliphatic rings. The van der Waals surface area contributed by atoms with Gasteiger partial charge in [0, 0.05) is 31.1 Å². The summed E-state index contributed by atoms with van der Waals surface area (Å²) in [5.74, 6) is 2.23. The van der Waals surface area contributed by atoms with E-state index in [4.69, 9.17) is 14.2 Å². The summed E-state index contributed by atoms with van der Waals surface area (Å²) in [7, 11) is 0. The summed E-state index contributed by atoms with van der Waals surface area (Å²) < 4.78 is 18.6. The van der Waals surface area contributed by atoms with E-state index in [1.54, 1.807) is 24.4 Å². The zero-order valence-corrected chi connectivity index (χ0v) is 16.5. The summed E-state index contributed by atoms with van der Waals surface area (Å²) >= 11 is 0. The summed E-state index contributed by atoms with van der Waals surface area (Å²) in [5.41, 5.74) is 1.91. The number of ether oxygens (including phenoxy) is 3. The predicted octanol–water partition coefficient (Wildman–Crippen LogP) is 3.51. The fourth-order valence-electron chi connectivity index (χ4n) is 2.79. The van der Waals surface area contributed by atoms with Crippen LogP contribution in [0.5, 0.6) is 5.88 Å². The van der Waals surface area contributed by atoms with Crippen molar-refractivity contribution in [2.24, 2.45) is 0 Å². The highest BCUT2D eigenvalue weighted by atomic mass is 16.5. The molecule has 0 unspecified atom stereocenters. The summed E-state index contributed by atoms with van der Waals surface area (Å²) in [5, 5.41) is 4.93. The molecule has 0 aliphatic heterocycles. The molecule has 0 aliphatic carbocycles. The Labute approximate surface area is 169 Å². The highest BCUT2D eigenvalue weighted by Crippen LogP contribution is 2.19. The molecular formula is C22H25N3O4. The zero-order chi connectivity index (χ0) is 20.3. The molecule has 0 fully saturated rings. The molecule has 2 aromatic heterocycles. The lowest BCUT2D eigenvalue weighted by atomic mass is 10.2. The third-order valence-corrected chi connectivity index (χ3v) is 4.31. The standard InChI is InChI=1S/C22H25N3O4/c1-18(8-13-27-11-5-12-28-17-19-6-3-2-4-7-19)29-22-14-20-15-24-25(9-10-26)21(20)16-23-22/h2-4,6-7,9,14-16,18H,5,8,11-13,17H2,1H3/t18-/m1/s1. The molecule has 29 heavy (non-hydrogen) atoms. The maximum atomic E-state index is 10.5. The predicted molar refractivity (Wildman–Crippen MR) is 110 cm³/mol. The molecule has 2 heterocycles. The van der Waals surface area contributed by atoms with Gasteiger partial charge < -0.3 is 14.2 Å². The normalized spacial score (nSPS) is 11.9. The molecule has 0 spiro atoms. The molecule has 0 radical (unpaired) electrons. The largest absolute Gasteiger partial charge is 0.475 e. The lowest BCUT2D eigenvalue weighted by molar-refractivity contribution is 0.0632. The van der Waals surface area contributed by atoms with E-state index >= 15 is 0 Å². The van der Waals surface area contributed by atoms with Crippen molar-refractivity contribution in [3.05, 3.63) is 54.4 Å². The van der Waals surface area contributed by atoms with Crippen LogP contribution < -0.4 is 4.74 Å². The van der Waals surface area contributed by atoms with Crippen molar-refractivity contribution < 1.29 is 19.0 Å². The minimum atomic E-state index is -0.0285. The average molecular weight is 395 g/mol. The Hall–Kier alpha value is -2.99. The molecular weight excluding hydrogens is 370 g/mol. The molecule has 1 atom stereocenters. The Morgan fingerprint density at radius 2 is 1.97 bits per heavy atom. The molecule has 0 bridgehead atoms. The summed E-state index contributed by atoms with van der Waals surface area (Å²) in [6.45, 7) is 4.57. The van der Waals surface area contributed by atoms with Gasteiger partial charge in [-0.15, -0.1) is 0 Å². The van der Waals surface area contributed by atoms with Gasteiger partial charge in [0.25, 0.3) is 0 Å². The van der Waals surface area contributed by atoms with Crippen LogP contribution in [0, 0.1) is 0 Å². The van der Waals surface area contributed by atoms with E-state index in [1.165, 1.54) is 16.4 Å². The summed E-state index contributed by atoms with van der Waals surface area (Å²) in [4.78, 5) is 14.8. The van der Waals surface area contributed by atoms with Crippen molar-refractivity contribution >= 4 is 23.0 Å². The fraction of sp³-hybridized carbons (Fsp3) is 0.364. The molecule has 0 N–H and O–H groups in total. The maximum absolute atomic E-state index is 10.5. The van der Waals surface area contributed by atoms with Gasteiger partial charge in [-0.3, -0.25) is 0 Å².